The maximum atomic E-state index is 12.9. The van der Waals surface area contributed by atoms with Gasteiger partial charge in [0.15, 0.2) is 0 Å². The van der Waals surface area contributed by atoms with Crippen molar-refractivity contribution in [2.24, 2.45) is 0 Å². The Morgan fingerprint density at radius 1 is 1.15 bits per heavy atom. The molecule has 148 valence electrons. The zero-order chi connectivity index (χ0) is 19.6. The van der Waals surface area contributed by atoms with E-state index >= 15 is 0 Å². The summed E-state index contributed by atoms with van der Waals surface area (Å²) in [6.07, 6.45) is 0. The number of piperazine rings is 1. The van der Waals surface area contributed by atoms with E-state index in [2.05, 4.69) is 35.6 Å². The standard InChI is InChI=1S/C20H30N4O3/c1-15(2)22-9-11-23(12-10-22)20(3,14-27-4)13-24-18(25)16-7-5-6-8-17(16)21-19(24)26/h5-8,15H,9-14H2,1-4H3,(H,21,26). The predicted molar refractivity (Wildman–Crippen MR) is 107 cm³/mol. The largest absolute Gasteiger partial charge is 0.383 e. The highest BCUT2D eigenvalue weighted by atomic mass is 16.5. The van der Waals surface area contributed by atoms with E-state index in [0.717, 1.165) is 26.2 Å². The monoisotopic (exact) mass is 374 g/mol. The molecule has 2 aromatic rings. The highest BCUT2D eigenvalue weighted by Gasteiger charge is 2.36. The van der Waals surface area contributed by atoms with Crippen LogP contribution in [0.25, 0.3) is 10.9 Å². The van der Waals surface area contributed by atoms with E-state index in [4.69, 9.17) is 4.74 Å². The van der Waals surface area contributed by atoms with Gasteiger partial charge in [-0.05, 0) is 32.9 Å². The Hall–Kier alpha value is -1.96. The van der Waals surface area contributed by atoms with Gasteiger partial charge in [0.1, 0.15) is 0 Å². The van der Waals surface area contributed by atoms with Gasteiger partial charge in [0.25, 0.3) is 5.56 Å². The second kappa shape index (κ2) is 7.96. The number of benzene rings is 1. The Balaban J connectivity index is 1.92. The number of ether oxygens (including phenoxy) is 1. The lowest BCUT2D eigenvalue weighted by molar-refractivity contribution is -0.0235. The van der Waals surface area contributed by atoms with Crippen molar-refractivity contribution in [1.29, 1.82) is 0 Å². The molecule has 1 N–H and O–H groups in total. The van der Waals surface area contributed by atoms with E-state index in [9.17, 15) is 9.59 Å². The Bertz CT molecular complexity index is 896. The topological polar surface area (TPSA) is 70.6 Å². The zero-order valence-electron chi connectivity index (χ0n) is 16.7. The lowest BCUT2D eigenvalue weighted by atomic mass is 9.99. The molecule has 0 radical (unpaired) electrons. The molecule has 0 aliphatic carbocycles. The van der Waals surface area contributed by atoms with Crippen LogP contribution in [0.15, 0.2) is 33.9 Å². The summed E-state index contributed by atoms with van der Waals surface area (Å²) in [5.74, 6) is 0. The Morgan fingerprint density at radius 3 is 2.44 bits per heavy atom. The summed E-state index contributed by atoms with van der Waals surface area (Å²) < 4.78 is 6.81. The van der Waals surface area contributed by atoms with Crippen LogP contribution in [0.5, 0.6) is 0 Å². The number of fused-ring (bicyclic) bond motifs is 1. The SMILES string of the molecule is COCC(C)(Cn1c(=O)[nH]c2ccccc2c1=O)N1CCN(C(C)C)CC1. The highest BCUT2D eigenvalue weighted by molar-refractivity contribution is 5.76. The number of hydrogen-bond donors (Lipinski definition) is 1. The predicted octanol–water partition coefficient (Wildman–Crippen LogP) is 1.12. The van der Waals surface area contributed by atoms with Crippen molar-refractivity contribution >= 4 is 10.9 Å². The summed E-state index contributed by atoms with van der Waals surface area (Å²) in [6, 6.07) is 7.64. The molecule has 1 fully saturated rings. The van der Waals surface area contributed by atoms with E-state index in [1.165, 1.54) is 4.57 Å². The molecule has 0 amide bonds. The first kappa shape index (κ1) is 19.8. The fourth-order valence-corrected chi connectivity index (χ4v) is 4.01. The third kappa shape index (κ3) is 4.00. The van der Waals surface area contributed by atoms with Crippen molar-refractivity contribution in [3.05, 3.63) is 45.1 Å². The summed E-state index contributed by atoms with van der Waals surface area (Å²) >= 11 is 0. The molecule has 1 aliphatic rings. The Labute approximate surface area is 159 Å². The van der Waals surface area contributed by atoms with E-state index < -0.39 is 5.54 Å². The molecule has 7 heteroatoms. The lowest BCUT2D eigenvalue weighted by Crippen LogP contribution is -2.61. The first-order valence-corrected chi connectivity index (χ1v) is 9.55. The zero-order valence-corrected chi connectivity index (χ0v) is 16.7. The molecule has 3 rings (SSSR count). The quantitative estimate of drug-likeness (QED) is 0.821. The number of para-hydroxylation sites is 1. The molecular formula is C20H30N4O3. The van der Waals surface area contributed by atoms with Gasteiger partial charge >= 0.3 is 5.69 Å². The number of rotatable bonds is 6. The second-order valence-electron chi connectivity index (χ2n) is 7.91. The van der Waals surface area contributed by atoms with Crippen LogP contribution >= 0.6 is 0 Å². The fraction of sp³-hybridized carbons (Fsp3) is 0.600. The van der Waals surface area contributed by atoms with Crippen molar-refractivity contribution < 1.29 is 4.74 Å². The van der Waals surface area contributed by atoms with Gasteiger partial charge < -0.3 is 9.72 Å². The minimum Gasteiger partial charge on any atom is -0.383 e. The summed E-state index contributed by atoms with van der Waals surface area (Å²) in [5, 5.41) is 0.529. The van der Waals surface area contributed by atoms with E-state index in [0.29, 0.717) is 30.1 Å². The van der Waals surface area contributed by atoms with Gasteiger partial charge in [0.2, 0.25) is 0 Å². The molecule has 7 nitrogen and oxygen atoms in total. The number of nitrogens with one attached hydrogen (secondary N) is 1. The highest BCUT2D eigenvalue weighted by Crippen LogP contribution is 2.21. The van der Waals surface area contributed by atoms with Crippen LogP contribution in [-0.2, 0) is 11.3 Å². The molecule has 1 unspecified atom stereocenters. The fourth-order valence-electron chi connectivity index (χ4n) is 4.01. The van der Waals surface area contributed by atoms with Crippen LogP contribution in [0, 0.1) is 0 Å². The van der Waals surface area contributed by atoms with Gasteiger partial charge in [0, 0.05) is 39.3 Å². The van der Waals surface area contributed by atoms with Crippen molar-refractivity contribution in [2.75, 3.05) is 39.9 Å². The number of methoxy groups -OCH3 is 1. The first-order valence-electron chi connectivity index (χ1n) is 9.55. The first-order chi connectivity index (χ1) is 12.9. The van der Waals surface area contributed by atoms with Crippen LogP contribution < -0.4 is 11.2 Å². The number of H-pyrrole nitrogens is 1. The van der Waals surface area contributed by atoms with Gasteiger partial charge in [-0.1, -0.05) is 12.1 Å². The van der Waals surface area contributed by atoms with Gasteiger partial charge in [-0.2, -0.15) is 0 Å². The van der Waals surface area contributed by atoms with Gasteiger partial charge in [-0.3, -0.25) is 19.2 Å². The average Bonchev–Trinajstić information content (AvgIpc) is 2.65. The van der Waals surface area contributed by atoms with Crippen LogP contribution in [0.2, 0.25) is 0 Å². The van der Waals surface area contributed by atoms with Gasteiger partial charge in [-0.25, -0.2) is 4.79 Å². The summed E-state index contributed by atoms with van der Waals surface area (Å²) in [7, 11) is 1.66. The summed E-state index contributed by atoms with van der Waals surface area (Å²) in [4.78, 5) is 33.1. The van der Waals surface area contributed by atoms with Gasteiger partial charge in [-0.15, -0.1) is 0 Å². The maximum Gasteiger partial charge on any atom is 0.328 e. The Kier molecular flexibility index (Phi) is 5.83. The summed E-state index contributed by atoms with van der Waals surface area (Å²) in [6.45, 7) is 10.9. The second-order valence-corrected chi connectivity index (χ2v) is 7.91. The van der Waals surface area contributed by atoms with Crippen molar-refractivity contribution in [1.82, 2.24) is 19.4 Å². The third-order valence-electron chi connectivity index (χ3n) is 5.65. The molecule has 0 saturated carbocycles. The molecular weight excluding hydrogens is 344 g/mol. The molecule has 1 saturated heterocycles. The van der Waals surface area contributed by atoms with Crippen LogP contribution in [-0.4, -0.2) is 70.8 Å². The molecule has 2 heterocycles. The molecule has 0 bridgehead atoms. The minimum absolute atomic E-state index is 0.252. The normalized spacial score (nSPS) is 18.9. The summed E-state index contributed by atoms with van der Waals surface area (Å²) in [5.41, 5.74) is -0.487. The number of nitrogens with zero attached hydrogens (tertiary/aromatic N) is 3. The van der Waals surface area contributed by atoms with E-state index in [1.54, 1.807) is 19.2 Å². The van der Waals surface area contributed by atoms with Crippen LogP contribution in [0.4, 0.5) is 0 Å². The van der Waals surface area contributed by atoms with Crippen molar-refractivity contribution in [2.45, 2.75) is 38.9 Å². The van der Waals surface area contributed by atoms with Crippen LogP contribution in [0.3, 0.4) is 0 Å². The number of aromatic amines is 1. The molecule has 1 atom stereocenters. The third-order valence-corrected chi connectivity index (χ3v) is 5.65. The minimum atomic E-state index is -0.433. The molecule has 0 spiro atoms. The molecule has 27 heavy (non-hydrogen) atoms. The van der Waals surface area contributed by atoms with E-state index in [1.807, 2.05) is 12.1 Å². The molecule has 1 aromatic heterocycles. The van der Waals surface area contributed by atoms with Gasteiger partial charge in [0.05, 0.1) is 29.6 Å². The molecule has 1 aromatic carbocycles. The Morgan fingerprint density at radius 2 is 1.81 bits per heavy atom. The number of aromatic nitrogens is 2. The van der Waals surface area contributed by atoms with Crippen LogP contribution in [0.1, 0.15) is 20.8 Å². The lowest BCUT2D eigenvalue weighted by Gasteiger charge is -2.46. The maximum absolute atomic E-state index is 12.9. The van der Waals surface area contributed by atoms with E-state index in [-0.39, 0.29) is 11.2 Å². The smallest absolute Gasteiger partial charge is 0.328 e. The van der Waals surface area contributed by atoms with Crippen molar-refractivity contribution in [3.8, 4) is 0 Å². The van der Waals surface area contributed by atoms with Crippen molar-refractivity contribution in [3.63, 3.8) is 0 Å². The average molecular weight is 374 g/mol. The number of hydrogen-bond acceptors (Lipinski definition) is 5. The molecule has 1 aliphatic heterocycles.